The Kier molecular flexibility index (Phi) is 5.30. The molecule has 8 heteroatoms. The van der Waals surface area contributed by atoms with E-state index < -0.39 is 0 Å². The highest BCUT2D eigenvalue weighted by atomic mass is 16.5. The van der Waals surface area contributed by atoms with Crippen LogP contribution in [0.15, 0.2) is 40.9 Å². The lowest BCUT2D eigenvalue weighted by atomic mass is 10.3. The van der Waals surface area contributed by atoms with Gasteiger partial charge < -0.3 is 14.7 Å². The molecule has 0 radical (unpaired) electrons. The number of aromatic nitrogens is 1. The van der Waals surface area contributed by atoms with Gasteiger partial charge in [-0.05, 0) is 19.1 Å². The highest BCUT2D eigenvalue weighted by Gasteiger charge is 2.23. The van der Waals surface area contributed by atoms with Gasteiger partial charge in [-0.15, -0.1) is 0 Å². The Balaban J connectivity index is 1.42. The SMILES string of the molecule is Cc1cc(NC(=O)N2CCN(CC(=O)Nc3ccccc3)CC2)no1. The van der Waals surface area contributed by atoms with Crippen molar-refractivity contribution in [2.75, 3.05) is 43.4 Å². The van der Waals surface area contributed by atoms with Crippen molar-refractivity contribution in [2.45, 2.75) is 6.92 Å². The zero-order chi connectivity index (χ0) is 17.6. The molecule has 1 aliphatic heterocycles. The van der Waals surface area contributed by atoms with E-state index in [4.69, 9.17) is 4.52 Å². The van der Waals surface area contributed by atoms with Crippen molar-refractivity contribution < 1.29 is 14.1 Å². The zero-order valence-corrected chi connectivity index (χ0v) is 14.1. The quantitative estimate of drug-likeness (QED) is 0.883. The van der Waals surface area contributed by atoms with Gasteiger partial charge in [0.1, 0.15) is 5.76 Å². The van der Waals surface area contributed by atoms with Crippen molar-refractivity contribution in [2.24, 2.45) is 0 Å². The Bertz CT molecular complexity index is 723. The van der Waals surface area contributed by atoms with E-state index in [1.165, 1.54) is 0 Å². The number of benzene rings is 1. The minimum absolute atomic E-state index is 0.0535. The van der Waals surface area contributed by atoms with Crippen LogP contribution in [0.5, 0.6) is 0 Å². The molecule has 0 spiro atoms. The van der Waals surface area contributed by atoms with Gasteiger partial charge in [0.25, 0.3) is 0 Å². The van der Waals surface area contributed by atoms with E-state index in [1.54, 1.807) is 17.9 Å². The lowest BCUT2D eigenvalue weighted by molar-refractivity contribution is -0.117. The molecule has 25 heavy (non-hydrogen) atoms. The number of hydrogen-bond acceptors (Lipinski definition) is 5. The molecule has 3 rings (SSSR count). The zero-order valence-electron chi connectivity index (χ0n) is 14.1. The number of carbonyl (C=O) groups is 2. The molecule has 1 aromatic carbocycles. The lowest BCUT2D eigenvalue weighted by Gasteiger charge is -2.34. The first-order valence-corrected chi connectivity index (χ1v) is 8.16. The van der Waals surface area contributed by atoms with E-state index in [-0.39, 0.29) is 11.9 Å². The molecule has 1 aliphatic rings. The lowest BCUT2D eigenvalue weighted by Crippen LogP contribution is -2.51. The number of nitrogens with one attached hydrogen (secondary N) is 2. The van der Waals surface area contributed by atoms with Crippen LogP contribution in [0.1, 0.15) is 5.76 Å². The fourth-order valence-electron chi connectivity index (χ4n) is 2.65. The minimum atomic E-state index is -0.207. The summed E-state index contributed by atoms with van der Waals surface area (Å²) in [4.78, 5) is 28.0. The van der Waals surface area contributed by atoms with Crippen LogP contribution in [0.3, 0.4) is 0 Å². The van der Waals surface area contributed by atoms with Gasteiger partial charge >= 0.3 is 6.03 Å². The number of urea groups is 1. The van der Waals surface area contributed by atoms with Gasteiger partial charge in [0.05, 0.1) is 6.54 Å². The van der Waals surface area contributed by atoms with Crippen molar-refractivity contribution in [3.63, 3.8) is 0 Å². The number of para-hydroxylation sites is 1. The number of anilines is 2. The van der Waals surface area contributed by atoms with Crippen molar-refractivity contribution in [3.05, 3.63) is 42.2 Å². The number of amides is 3. The van der Waals surface area contributed by atoms with Crippen LogP contribution < -0.4 is 10.6 Å². The molecule has 2 heterocycles. The maximum absolute atomic E-state index is 12.2. The predicted octanol–water partition coefficient (Wildman–Crippen LogP) is 1.77. The number of piperazine rings is 1. The molecule has 1 aromatic heterocycles. The van der Waals surface area contributed by atoms with E-state index in [9.17, 15) is 9.59 Å². The average Bonchev–Trinajstić information content (AvgIpc) is 3.01. The molecule has 8 nitrogen and oxygen atoms in total. The summed E-state index contributed by atoms with van der Waals surface area (Å²) in [6.07, 6.45) is 0. The second-order valence-corrected chi connectivity index (χ2v) is 5.93. The van der Waals surface area contributed by atoms with Gasteiger partial charge in [-0.3, -0.25) is 15.0 Å². The van der Waals surface area contributed by atoms with Crippen molar-refractivity contribution in [3.8, 4) is 0 Å². The third kappa shape index (κ3) is 4.80. The number of carbonyl (C=O) groups excluding carboxylic acids is 2. The minimum Gasteiger partial charge on any atom is -0.360 e. The van der Waals surface area contributed by atoms with E-state index in [2.05, 4.69) is 15.8 Å². The van der Waals surface area contributed by atoms with Gasteiger partial charge in [-0.1, -0.05) is 23.4 Å². The molecular weight excluding hydrogens is 322 g/mol. The number of rotatable bonds is 4. The fourth-order valence-corrected chi connectivity index (χ4v) is 2.65. The topological polar surface area (TPSA) is 90.7 Å². The summed E-state index contributed by atoms with van der Waals surface area (Å²) in [5, 5.41) is 9.32. The van der Waals surface area contributed by atoms with Gasteiger partial charge in [0.15, 0.2) is 5.82 Å². The maximum atomic E-state index is 12.2. The molecule has 2 aromatic rings. The molecule has 0 unspecified atom stereocenters. The molecule has 132 valence electrons. The molecule has 2 N–H and O–H groups in total. The average molecular weight is 343 g/mol. The highest BCUT2D eigenvalue weighted by Crippen LogP contribution is 2.10. The summed E-state index contributed by atoms with van der Waals surface area (Å²) in [6.45, 7) is 4.48. The Morgan fingerprint density at radius 1 is 1.12 bits per heavy atom. The van der Waals surface area contributed by atoms with Crippen LogP contribution in [-0.4, -0.2) is 59.6 Å². The van der Waals surface area contributed by atoms with Crippen LogP contribution in [0.25, 0.3) is 0 Å². The summed E-state index contributed by atoms with van der Waals surface area (Å²) < 4.78 is 4.93. The van der Waals surface area contributed by atoms with Crippen molar-refractivity contribution >= 4 is 23.4 Å². The molecule has 3 amide bonds. The summed E-state index contributed by atoms with van der Waals surface area (Å²) in [5.41, 5.74) is 0.786. The maximum Gasteiger partial charge on any atom is 0.323 e. The first-order chi connectivity index (χ1) is 12.1. The molecule has 0 saturated carbocycles. The molecule has 0 aliphatic carbocycles. The van der Waals surface area contributed by atoms with E-state index in [0.29, 0.717) is 44.3 Å². The summed E-state index contributed by atoms with van der Waals surface area (Å²) >= 11 is 0. The van der Waals surface area contributed by atoms with Crippen LogP contribution in [0.4, 0.5) is 16.3 Å². The van der Waals surface area contributed by atoms with Crippen LogP contribution >= 0.6 is 0 Å². The van der Waals surface area contributed by atoms with E-state index in [1.807, 2.05) is 35.2 Å². The van der Waals surface area contributed by atoms with Gasteiger partial charge in [-0.25, -0.2) is 4.79 Å². The number of hydrogen-bond donors (Lipinski definition) is 2. The van der Waals surface area contributed by atoms with Crippen LogP contribution in [0, 0.1) is 6.92 Å². The molecule has 1 saturated heterocycles. The summed E-state index contributed by atoms with van der Waals surface area (Å²) in [7, 11) is 0. The smallest absolute Gasteiger partial charge is 0.323 e. The largest absolute Gasteiger partial charge is 0.360 e. The van der Waals surface area contributed by atoms with Gasteiger partial charge in [0, 0.05) is 37.9 Å². The Hall–Kier alpha value is -2.87. The van der Waals surface area contributed by atoms with Crippen LogP contribution in [-0.2, 0) is 4.79 Å². The van der Waals surface area contributed by atoms with Crippen molar-refractivity contribution in [1.29, 1.82) is 0 Å². The molecular formula is C17H21N5O3. The molecule has 0 atom stereocenters. The van der Waals surface area contributed by atoms with E-state index in [0.717, 1.165) is 5.69 Å². The normalized spacial score (nSPS) is 15.0. The predicted molar refractivity (Wildman–Crippen MR) is 93.3 cm³/mol. The Morgan fingerprint density at radius 2 is 1.84 bits per heavy atom. The Labute approximate surface area is 145 Å². The Morgan fingerprint density at radius 3 is 2.48 bits per heavy atom. The third-order valence-electron chi connectivity index (χ3n) is 3.95. The first kappa shape index (κ1) is 17.0. The van der Waals surface area contributed by atoms with Gasteiger partial charge in [-0.2, -0.15) is 0 Å². The second kappa shape index (κ2) is 7.80. The van der Waals surface area contributed by atoms with Crippen molar-refractivity contribution in [1.82, 2.24) is 15.0 Å². The number of aryl methyl sites for hydroxylation is 1. The first-order valence-electron chi connectivity index (χ1n) is 8.16. The molecule has 0 bridgehead atoms. The summed E-state index contributed by atoms with van der Waals surface area (Å²) in [6, 6.07) is 10.8. The highest BCUT2D eigenvalue weighted by molar-refractivity contribution is 5.92. The van der Waals surface area contributed by atoms with E-state index >= 15 is 0 Å². The fraction of sp³-hybridized carbons (Fsp3) is 0.353. The molecule has 1 fully saturated rings. The monoisotopic (exact) mass is 343 g/mol. The number of nitrogens with zero attached hydrogens (tertiary/aromatic N) is 3. The van der Waals surface area contributed by atoms with Gasteiger partial charge in [0.2, 0.25) is 5.91 Å². The van der Waals surface area contributed by atoms with Crippen LogP contribution in [0.2, 0.25) is 0 Å². The second-order valence-electron chi connectivity index (χ2n) is 5.93. The summed E-state index contributed by atoms with van der Waals surface area (Å²) in [5.74, 6) is 0.999. The third-order valence-corrected chi connectivity index (χ3v) is 3.95. The standard InChI is InChI=1S/C17H21N5O3/c1-13-11-15(20-25-13)19-17(24)22-9-7-21(8-10-22)12-16(23)18-14-5-3-2-4-6-14/h2-6,11H,7-10,12H2,1H3,(H,18,23)(H,19,20,24).